The van der Waals surface area contributed by atoms with E-state index in [0.717, 1.165) is 46.3 Å². The molecule has 0 radical (unpaired) electrons. The first-order chi connectivity index (χ1) is 33.0. The second kappa shape index (κ2) is 19.3. The van der Waals surface area contributed by atoms with Gasteiger partial charge < -0.3 is 28.4 Å². The molecular formula is C58H62IO8S+. The van der Waals surface area contributed by atoms with Crippen molar-refractivity contribution < 1.29 is 38.0 Å². The molecule has 8 saturated carbocycles. The van der Waals surface area contributed by atoms with E-state index in [4.69, 9.17) is 28.4 Å². The van der Waals surface area contributed by atoms with Crippen molar-refractivity contribution in [2.24, 2.45) is 47.3 Å². The van der Waals surface area contributed by atoms with Crippen LogP contribution in [-0.4, -0.2) is 36.4 Å². The summed E-state index contributed by atoms with van der Waals surface area (Å²) in [6.45, 7) is 4.99. The highest BCUT2D eigenvalue weighted by molar-refractivity contribution is 14.1. The lowest BCUT2D eigenvalue weighted by molar-refractivity contribution is -0.205. The lowest BCUT2D eigenvalue weighted by Gasteiger charge is -2.59. The molecule has 8 bridgehead atoms. The number of carbonyl (C=O) groups is 2. The summed E-state index contributed by atoms with van der Waals surface area (Å²) in [5.41, 5.74) is 1.32. The molecule has 8 aliphatic carbocycles. The standard InChI is InChI=1S/C58H62IO8S/c1-57(43-25-39-23-40(27-43)28-44(57)26-39)66-55(60)35-64-48-9-3-37(4-10-48)33-62-50-13-19-53(20-14-50)68(52-17-7-47(59)8-18-52)54-21-15-51(16-22-54)63-34-38-5-11-49(12-6-38)65-36-56(61)67-58(2)45-29-41-24-42(31-45)32-46(58)30-41/h3-22,39-46H,23-36H2,1-2H3/q+1. The third kappa shape index (κ3) is 9.74. The van der Waals surface area contributed by atoms with Crippen molar-refractivity contribution in [1.82, 2.24) is 0 Å². The molecule has 0 unspecified atom stereocenters. The largest absolute Gasteiger partial charge is 0.489 e. The summed E-state index contributed by atoms with van der Waals surface area (Å²) >= 11 is 2.35. The maximum atomic E-state index is 13.0. The minimum absolute atomic E-state index is 0.0822. The fourth-order valence-electron chi connectivity index (χ4n) is 13.4. The molecular weight excluding hydrogens is 984 g/mol. The maximum absolute atomic E-state index is 13.0. The van der Waals surface area contributed by atoms with Gasteiger partial charge in [0.15, 0.2) is 27.9 Å². The van der Waals surface area contributed by atoms with Crippen molar-refractivity contribution in [3.05, 3.63) is 136 Å². The summed E-state index contributed by atoms with van der Waals surface area (Å²) in [4.78, 5) is 29.5. The van der Waals surface area contributed by atoms with Gasteiger partial charge in [-0.3, -0.25) is 0 Å². The Morgan fingerprint density at radius 3 is 1.07 bits per heavy atom. The van der Waals surface area contributed by atoms with Gasteiger partial charge in [0.25, 0.3) is 0 Å². The Morgan fingerprint density at radius 1 is 0.441 bits per heavy atom. The van der Waals surface area contributed by atoms with Crippen LogP contribution in [0.3, 0.4) is 0 Å². The van der Waals surface area contributed by atoms with E-state index in [1.54, 1.807) is 0 Å². The molecule has 0 heterocycles. The third-order valence-electron chi connectivity index (χ3n) is 16.7. The smallest absolute Gasteiger partial charge is 0.344 e. The summed E-state index contributed by atoms with van der Waals surface area (Å²) in [5.74, 6) is 7.57. The predicted octanol–water partition coefficient (Wildman–Crippen LogP) is 12.8. The summed E-state index contributed by atoms with van der Waals surface area (Å²) in [6.07, 6.45) is 12.3. The number of benzene rings is 5. The summed E-state index contributed by atoms with van der Waals surface area (Å²) in [5, 5.41) is 0. The van der Waals surface area contributed by atoms with E-state index in [0.29, 0.717) is 48.4 Å². The van der Waals surface area contributed by atoms with Crippen LogP contribution < -0.4 is 18.9 Å². The number of halogens is 1. The highest BCUT2D eigenvalue weighted by Crippen LogP contribution is 2.60. The van der Waals surface area contributed by atoms with Crippen LogP contribution in [0, 0.1) is 50.9 Å². The van der Waals surface area contributed by atoms with E-state index in [2.05, 4.69) is 85.0 Å². The fourth-order valence-corrected chi connectivity index (χ4v) is 15.8. The molecule has 5 aromatic carbocycles. The SMILES string of the molecule is CC1(OC(=O)COc2ccc(COc3ccc([S+](c4ccc(I)cc4)c4ccc(OCc5ccc(OCC(=O)OC6(C)C7CC8CC(C7)CC6C8)cc5)cc4)cc3)cc2)C2CC3CC(C2)CC1C3. The van der Waals surface area contributed by atoms with Crippen LogP contribution in [0.15, 0.2) is 136 Å². The Balaban J connectivity index is 0.653. The lowest BCUT2D eigenvalue weighted by Crippen LogP contribution is -2.58. The van der Waals surface area contributed by atoms with Crippen molar-refractivity contribution in [3.8, 4) is 23.0 Å². The van der Waals surface area contributed by atoms with Gasteiger partial charge in [0.2, 0.25) is 0 Å². The minimum Gasteiger partial charge on any atom is -0.489 e. The molecule has 68 heavy (non-hydrogen) atoms. The van der Waals surface area contributed by atoms with E-state index in [1.807, 2.05) is 72.8 Å². The first-order valence-electron chi connectivity index (χ1n) is 24.8. The second-order valence-electron chi connectivity index (χ2n) is 21.1. The van der Waals surface area contributed by atoms with Gasteiger partial charge in [-0.05, 0) is 256 Å². The van der Waals surface area contributed by atoms with Crippen LogP contribution in [-0.2, 0) is 43.2 Å². The Bertz CT molecular complexity index is 2350. The molecule has 8 fully saturated rings. The topological polar surface area (TPSA) is 89.5 Å². The lowest BCUT2D eigenvalue weighted by atomic mass is 9.50. The zero-order valence-corrected chi connectivity index (χ0v) is 42.1. The molecule has 10 heteroatoms. The molecule has 8 aliphatic rings. The van der Waals surface area contributed by atoms with E-state index in [1.165, 1.54) is 82.5 Å². The molecule has 354 valence electrons. The van der Waals surface area contributed by atoms with E-state index >= 15 is 0 Å². The average Bonchev–Trinajstić information content (AvgIpc) is 3.34. The van der Waals surface area contributed by atoms with E-state index in [9.17, 15) is 9.59 Å². The van der Waals surface area contributed by atoms with Crippen molar-refractivity contribution >= 4 is 45.4 Å². The number of esters is 2. The predicted molar refractivity (Wildman–Crippen MR) is 270 cm³/mol. The molecule has 8 nitrogen and oxygen atoms in total. The number of rotatable bonds is 17. The van der Waals surface area contributed by atoms with Crippen LogP contribution >= 0.6 is 22.6 Å². The number of ether oxygens (including phenoxy) is 6. The van der Waals surface area contributed by atoms with Gasteiger partial charge in [-0.25, -0.2) is 9.59 Å². The highest BCUT2D eigenvalue weighted by Gasteiger charge is 2.58. The van der Waals surface area contributed by atoms with Gasteiger partial charge in [-0.15, -0.1) is 0 Å². The zero-order chi connectivity index (χ0) is 46.4. The van der Waals surface area contributed by atoms with Crippen LogP contribution in [0.25, 0.3) is 0 Å². The molecule has 0 aromatic heterocycles. The van der Waals surface area contributed by atoms with Gasteiger partial charge in [0, 0.05) is 3.57 Å². The van der Waals surface area contributed by atoms with Gasteiger partial charge in [-0.2, -0.15) is 0 Å². The van der Waals surface area contributed by atoms with Crippen LogP contribution in [0.5, 0.6) is 23.0 Å². The fraction of sp³-hybridized carbons (Fsp3) is 0.448. The molecule has 0 spiro atoms. The quantitative estimate of drug-likeness (QED) is 0.0517. The highest BCUT2D eigenvalue weighted by atomic mass is 127. The Labute approximate surface area is 417 Å². The minimum atomic E-state index is -0.356. The normalized spacial score (nSPS) is 29.8. The van der Waals surface area contributed by atoms with Crippen molar-refractivity contribution in [3.63, 3.8) is 0 Å². The second-order valence-corrected chi connectivity index (χ2v) is 24.3. The molecule has 0 atom stereocenters. The summed E-state index contributed by atoms with van der Waals surface area (Å²) in [6, 6.07) is 41.0. The Kier molecular flexibility index (Phi) is 13.0. The molecule has 13 rings (SSSR count). The van der Waals surface area contributed by atoms with Gasteiger partial charge in [-0.1, -0.05) is 24.3 Å². The third-order valence-corrected chi connectivity index (χ3v) is 19.7. The van der Waals surface area contributed by atoms with Crippen LogP contribution in [0.4, 0.5) is 0 Å². The monoisotopic (exact) mass is 1050 g/mol. The average molecular weight is 1050 g/mol. The first-order valence-corrected chi connectivity index (χ1v) is 27.1. The van der Waals surface area contributed by atoms with Crippen molar-refractivity contribution in [1.29, 1.82) is 0 Å². The van der Waals surface area contributed by atoms with E-state index < -0.39 is 0 Å². The Morgan fingerprint density at radius 2 is 0.735 bits per heavy atom. The molecule has 5 aromatic rings. The zero-order valence-electron chi connectivity index (χ0n) is 39.1. The van der Waals surface area contributed by atoms with Gasteiger partial charge >= 0.3 is 11.9 Å². The molecule has 0 aliphatic heterocycles. The molecule has 0 saturated heterocycles. The van der Waals surface area contributed by atoms with Crippen molar-refractivity contribution in [2.45, 2.75) is 117 Å². The number of hydrogen-bond acceptors (Lipinski definition) is 8. The molecule has 0 amide bonds. The van der Waals surface area contributed by atoms with Crippen molar-refractivity contribution in [2.75, 3.05) is 13.2 Å². The maximum Gasteiger partial charge on any atom is 0.344 e. The van der Waals surface area contributed by atoms with Gasteiger partial charge in [0.05, 0.1) is 10.9 Å². The van der Waals surface area contributed by atoms with Gasteiger partial charge in [0.1, 0.15) is 47.4 Å². The van der Waals surface area contributed by atoms with Crippen LogP contribution in [0.2, 0.25) is 0 Å². The van der Waals surface area contributed by atoms with Crippen LogP contribution in [0.1, 0.15) is 89.2 Å². The molecule has 0 N–H and O–H groups in total. The summed E-state index contributed by atoms with van der Waals surface area (Å²) < 4.78 is 37.8. The Hall–Kier alpha value is -4.68. The first kappa shape index (κ1) is 45.7. The summed E-state index contributed by atoms with van der Waals surface area (Å²) in [7, 11) is -0.356. The number of carbonyl (C=O) groups excluding carboxylic acids is 2. The van der Waals surface area contributed by atoms with E-state index in [-0.39, 0.29) is 47.2 Å². The number of hydrogen-bond donors (Lipinski definition) is 0.